The summed E-state index contributed by atoms with van der Waals surface area (Å²) in [4.78, 5) is 9.97. The quantitative estimate of drug-likeness (QED) is 0.472. The van der Waals surface area contributed by atoms with Crippen molar-refractivity contribution in [3.8, 4) is 0 Å². The summed E-state index contributed by atoms with van der Waals surface area (Å²) in [5.41, 5.74) is 0.715. The summed E-state index contributed by atoms with van der Waals surface area (Å²) in [6, 6.07) is 5.92. The second kappa shape index (κ2) is 5.18. The Morgan fingerprint density at radius 2 is 1.82 bits per heavy atom. The van der Waals surface area contributed by atoms with E-state index in [4.69, 9.17) is 0 Å². The smallest absolute Gasteiger partial charge is 0.258 e. The highest BCUT2D eigenvalue weighted by molar-refractivity contribution is 7.85. The fourth-order valence-electron chi connectivity index (χ4n) is 0.949. The van der Waals surface area contributed by atoms with Crippen LogP contribution in [0.1, 0.15) is 26.3 Å². The van der Waals surface area contributed by atoms with Gasteiger partial charge < -0.3 is 0 Å². The van der Waals surface area contributed by atoms with Gasteiger partial charge in [0, 0.05) is 18.3 Å². The lowest BCUT2D eigenvalue weighted by Gasteiger charge is -2.12. The zero-order valence-corrected chi connectivity index (χ0v) is 10.7. The van der Waals surface area contributed by atoms with Crippen molar-refractivity contribution in [3.63, 3.8) is 0 Å². The van der Waals surface area contributed by atoms with E-state index in [0.717, 1.165) is 0 Å². The molecule has 0 unspecified atom stereocenters. The van der Waals surface area contributed by atoms with E-state index >= 15 is 0 Å². The molecule has 0 saturated carbocycles. The van der Waals surface area contributed by atoms with Crippen LogP contribution in [0, 0.1) is 10.1 Å². The van der Waals surface area contributed by atoms with Gasteiger partial charge in [-0.1, -0.05) is 0 Å². The average Bonchev–Trinajstić information content (AvgIpc) is 2.25. The zero-order valence-electron chi connectivity index (χ0n) is 9.91. The molecule has 0 heterocycles. The summed E-state index contributed by atoms with van der Waals surface area (Å²) in [5, 5.41) is 10.4. The maximum Gasteiger partial charge on any atom is 0.269 e. The molecule has 0 saturated heterocycles. The number of hydrogen-bond acceptors (Lipinski definition) is 3. The first kappa shape index (κ1) is 13.5. The number of nitro groups is 1. The molecule has 0 radical (unpaired) electrons. The summed E-state index contributed by atoms with van der Waals surface area (Å²) in [5.74, 6) is 0. The first-order chi connectivity index (χ1) is 7.80. The van der Waals surface area contributed by atoms with E-state index in [2.05, 4.69) is 4.40 Å². The fourth-order valence-corrected chi connectivity index (χ4v) is 1.48. The highest BCUT2D eigenvalue weighted by Gasteiger charge is 2.18. The maximum absolute atomic E-state index is 11.6. The van der Waals surface area contributed by atoms with E-state index < -0.39 is 20.7 Å². The molecule has 0 N–H and O–H groups in total. The molecule has 0 amide bonds. The molecular weight excluding hydrogens is 240 g/mol. The molecule has 17 heavy (non-hydrogen) atoms. The van der Waals surface area contributed by atoms with E-state index in [0.29, 0.717) is 5.56 Å². The van der Waals surface area contributed by atoms with Crippen LogP contribution in [-0.4, -0.2) is 20.1 Å². The van der Waals surface area contributed by atoms with Crippen molar-refractivity contribution < 1.29 is 9.13 Å². The number of hydrogen-bond donors (Lipinski definition) is 0. The SMILES string of the molecule is CC(C)(C)[S@@](=O)N=Cc1ccc([N+](=O)[O-])cc1. The molecule has 0 aliphatic rings. The minimum absolute atomic E-state index is 0.0269. The molecule has 0 spiro atoms. The van der Waals surface area contributed by atoms with Gasteiger partial charge in [0.15, 0.2) is 0 Å². The average molecular weight is 254 g/mol. The number of rotatable bonds is 3. The molecule has 0 aliphatic heterocycles. The molecule has 5 nitrogen and oxygen atoms in total. The monoisotopic (exact) mass is 254 g/mol. The fraction of sp³-hybridized carbons (Fsp3) is 0.364. The number of nitro benzene ring substituents is 1. The van der Waals surface area contributed by atoms with E-state index in [-0.39, 0.29) is 5.69 Å². The zero-order chi connectivity index (χ0) is 13.1. The van der Waals surface area contributed by atoms with Crippen molar-refractivity contribution in [2.75, 3.05) is 0 Å². The third-order valence-corrected chi connectivity index (χ3v) is 3.27. The Morgan fingerprint density at radius 3 is 2.24 bits per heavy atom. The Bertz CT molecular complexity index is 461. The Hall–Kier alpha value is -1.56. The molecule has 6 heteroatoms. The molecule has 0 bridgehead atoms. The van der Waals surface area contributed by atoms with E-state index in [9.17, 15) is 14.3 Å². The largest absolute Gasteiger partial charge is 0.269 e. The van der Waals surface area contributed by atoms with Crippen LogP contribution in [0.5, 0.6) is 0 Å². The standard InChI is InChI=1S/C11H14N2O3S/c1-11(2,3)17(16)12-8-9-4-6-10(7-5-9)13(14)15/h4-8H,1-3H3/t17-/m1/s1. The highest BCUT2D eigenvalue weighted by atomic mass is 32.2. The molecule has 1 aromatic rings. The van der Waals surface area contributed by atoms with Crippen molar-refractivity contribution in [3.05, 3.63) is 39.9 Å². The lowest BCUT2D eigenvalue weighted by molar-refractivity contribution is -0.384. The Kier molecular flexibility index (Phi) is 4.11. The third-order valence-electron chi connectivity index (χ3n) is 1.93. The predicted molar refractivity (Wildman–Crippen MR) is 68.6 cm³/mol. The van der Waals surface area contributed by atoms with Gasteiger partial charge in [-0.25, -0.2) is 4.21 Å². The van der Waals surface area contributed by atoms with Gasteiger partial charge in [-0.3, -0.25) is 10.1 Å². The molecule has 1 atom stereocenters. The van der Waals surface area contributed by atoms with Gasteiger partial charge in [0.25, 0.3) is 5.69 Å². The van der Waals surface area contributed by atoms with Crippen molar-refractivity contribution in [1.29, 1.82) is 0 Å². The van der Waals surface area contributed by atoms with Crippen LogP contribution in [0.4, 0.5) is 5.69 Å². The van der Waals surface area contributed by atoms with E-state index in [1.165, 1.54) is 18.3 Å². The van der Waals surface area contributed by atoms with Crippen LogP contribution in [0.25, 0.3) is 0 Å². The Morgan fingerprint density at radius 1 is 1.29 bits per heavy atom. The lowest BCUT2D eigenvalue weighted by atomic mass is 10.2. The minimum atomic E-state index is -1.32. The first-order valence-corrected chi connectivity index (χ1v) is 6.12. The summed E-state index contributed by atoms with van der Waals surface area (Å²) in [7, 11) is -1.32. The van der Waals surface area contributed by atoms with Crippen molar-refractivity contribution >= 4 is 22.9 Å². The van der Waals surface area contributed by atoms with E-state index in [1.54, 1.807) is 12.1 Å². The summed E-state index contributed by atoms with van der Waals surface area (Å²) < 4.78 is 15.1. The van der Waals surface area contributed by atoms with Gasteiger partial charge in [-0.15, -0.1) is 0 Å². The van der Waals surface area contributed by atoms with Gasteiger partial charge in [0.1, 0.15) is 11.0 Å². The van der Waals surface area contributed by atoms with Crippen LogP contribution in [0.2, 0.25) is 0 Å². The van der Waals surface area contributed by atoms with Gasteiger partial charge in [0.05, 0.1) is 9.67 Å². The summed E-state index contributed by atoms with van der Waals surface area (Å²) >= 11 is 0. The van der Waals surface area contributed by atoms with Crippen LogP contribution >= 0.6 is 0 Å². The highest BCUT2D eigenvalue weighted by Crippen LogP contribution is 2.13. The van der Waals surface area contributed by atoms with Crippen LogP contribution in [0.3, 0.4) is 0 Å². The number of nitrogens with zero attached hydrogens (tertiary/aromatic N) is 2. The molecular formula is C11H14N2O3S. The summed E-state index contributed by atoms with van der Waals surface area (Å²) in [6.07, 6.45) is 1.46. The summed E-state index contributed by atoms with van der Waals surface area (Å²) in [6.45, 7) is 5.49. The molecule has 0 fully saturated rings. The van der Waals surface area contributed by atoms with Gasteiger partial charge in [-0.05, 0) is 38.5 Å². The second-order valence-corrected chi connectivity index (χ2v) is 6.38. The first-order valence-electron chi connectivity index (χ1n) is 5.01. The third kappa shape index (κ3) is 4.07. The normalized spacial score (nSPS) is 13.8. The molecule has 0 aliphatic carbocycles. The molecule has 0 aromatic heterocycles. The van der Waals surface area contributed by atoms with Crippen LogP contribution in [-0.2, 0) is 11.0 Å². The maximum atomic E-state index is 11.6. The van der Waals surface area contributed by atoms with E-state index in [1.807, 2.05) is 20.8 Å². The molecule has 1 aromatic carbocycles. The van der Waals surface area contributed by atoms with Gasteiger partial charge >= 0.3 is 0 Å². The molecule has 92 valence electrons. The van der Waals surface area contributed by atoms with Crippen LogP contribution in [0.15, 0.2) is 28.7 Å². The Balaban J connectivity index is 2.80. The minimum Gasteiger partial charge on any atom is -0.258 e. The van der Waals surface area contributed by atoms with Crippen molar-refractivity contribution in [1.82, 2.24) is 0 Å². The molecule has 1 rings (SSSR count). The number of benzene rings is 1. The second-order valence-electron chi connectivity index (χ2n) is 4.44. The topological polar surface area (TPSA) is 72.6 Å². The van der Waals surface area contributed by atoms with Crippen LogP contribution < -0.4 is 0 Å². The van der Waals surface area contributed by atoms with Crippen molar-refractivity contribution in [2.24, 2.45) is 4.40 Å². The van der Waals surface area contributed by atoms with Crippen molar-refractivity contribution in [2.45, 2.75) is 25.5 Å². The Labute approximate surface area is 102 Å². The van der Waals surface area contributed by atoms with Gasteiger partial charge in [-0.2, -0.15) is 4.40 Å². The number of non-ortho nitro benzene ring substituents is 1. The predicted octanol–water partition coefficient (Wildman–Crippen LogP) is 2.48. The lowest BCUT2D eigenvalue weighted by Crippen LogP contribution is -2.19. The van der Waals surface area contributed by atoms with Gasteiger partial charge in [0.2, 0.25) is 0 Å².